The van der Waals surface area contributed by atoms with Crippen molar-refractivity contribution >= 4 is 0 Å². The lowest BCUT2D eigenvalue weighted by Crippen LogP contribution is -2.59. The average molecular weight is 350 g/mol. The van der Waals surface area contributed by atoms with Crippen LogP contribution in [0.5, 0.6) is 0 Å². The van der Waals surface area contributed by atoms with Gasteiger partial charge in [0.05, 0.1) is 6.61 Å². The molecule has 0 amide bonds. The average Bonchev–Trinajstić information content (AvgIpc) is 2.57. The van der Waals surface area contributed by atoms with E-state index in [0.29, 0.717) is 19.8 Å². The van der Waals surface area contributed by atoms with Crippen LogP contribution in [0.25, 0.3) is 0 Å². The lowest BCUT2D eigenvalue weighted by molar-refractivity contribution is -0.293. The predicted octanol–water partition coefficient (Wildman–Crippen LogP) is 3.23. The summed E-state index contributed by atoms with van der Waals surface area (Å²) in [5.41, 5.74) is 0. The van der Waals surface area contributed by atoms with Crippen molar-refractivity contribution in [3.8, 4) is 0 Å². The zero-order valence-electron chi connectivity index (χ0n) is 15.4. The molecule has 1 fully saturated rings. The van der Waals surface area contributed by atoms with E-state index in [-0.39, 0.29) is 6.61 Å². The molecular formula is C18H35FO5. The van der Waals surface area contributed by atoms with Crippen molar-refractivity contribution in [2.45, 2.75) is 90.1 Å². The molecule has 0 aromatic rings. The maximum Gasteiger partial charge on any atom is 0.184 e. The Morgan fingerprint density at radius 3 is 2.00 bits per heavy atom. The highest BCUT2D eigenvalue weighted by molar-refractivity contribution is 4.91. The molecule has 1 aliphatic rings. The molecule has 0 aromatic carbocycles. The van der Waals surface area contributed by atoms with Crippen molar-refractivity contribution in [1.82, 2.24) is 0 Å². The molecule has 0 saturated carbocycles. The van der Waals surface area contributed by atoms with Crippen molar-refractivity contribution in [3.63, 3.8) is 0 Å². The maximum atomic E-state index is 14.9. The van der Waals surface area contributed by atoms with E-state index in [2.05, 4.69) is 13.8 Å². The number of halogens is 1. The van der Waals surface area contributed by atoms with Gasteiger partial charge in [-0.15, -0.1) is 0 Å². The number of hydrogen-bond acceptors (Lipinski definition) is 5. The molecule has 1 N–H and O–H groups in total. The first-order valence-corrected chi connectivity index (χ1v) is 9.44. The van der Waals surface area contributed by atoms with Crippen LogP contribution < -0.4 is 0 Å². The third-order valence-corrected chi connectivity index (χ3v) is 4.13. The first-order chi connectivity index (χ1) is 11.7. The van der Waals surface area contributed by atoms with Crippen LogP contribution in [-0.2, 0) is 18.9 Å². The number of ether oxygens (including phenoxy) is 4. The highest BCUT2D eigenvalue weighted by Gasteiger charge is 2.47. The molecule has 0 radical (unpaired) electrons. The van der Waals surface area contributed by atoms with Gasteiger partial charge >= 0.3 is 0 Å². The second kappa shape index (κ2) is 13.0. The second-order valence-corrected chi connectivity index (χ2v) is 6.32. The molecule has 0 unspecified atom stereocenters. The molecule has 6 heteroatoms. The Morgan fingerprint density at radius 1 is 0.875 bits per heavy atom. The quantitative estimate of drug-likeness (QED) is 0.517. The summed E-state index contributed by atoms with van der Waals surface area (Å²) in [6.45, 7) is 7.85. The van der Waals surface area contributed by atoms with Gasteiger partial charge in [0.25, 0.3) is 0 Å². The van der Waals surface area contributed by atoms with Crippen molar-refractivity contribution in [2.75, 3.05) is 26.4 Å². The van der Waals surface area contributed by atoms with Crippen LogP contribution in [0.3, 0.4) is 0 Å². The summed E-state index contributed by atoms with van der Waals surface area (Å²) in [6.07, 6.45) is 0.467. The molecule has 0 aliphatic carbocycles. The van der Waals surface area contributed by atoms with E-state index in [1.807, 2.05) is 6.92 Å². The molecule has 24 heavy (non-hydrogen) atoms. The Kier molecular flexibility index (Phi) is 11.8. The van der Waals surface area contributed by atoms with Crippen LogP contribution in [0, 0.1) is 0 Å². The van der Waals surface area contributed by atoms with Gasteiger partial charge in [-0.25, -0.2) is 4.39 Å². The Hall–Kier alpha value is -0.270. The number of hydrogen-bond donors (Lipinski definition) is 1. The molecular weight excluding hydrogens is 315 g/mol. The Balaban J connectivity index is 2.61. The highest BCUT2D eigenvalue weighted by Crippen LogP contribution is 2.28. The number of aliphatic hydroxyl groups is 1. The summed E-state index contributed by atoms with van der Waals surface area (Å²) in [7, 11) is 0. The predicted molar refractivity (Wildman–Crippen MR) is 90.8 cm³/mol. The number of rotatable bonds is 13. The first-order valence-electron chi connectivity index (χ1n) is 9.44. The summed E-state index contributed by atoms with van der Waals surface area (Å²) < 4.78 is 37.2. The van der Waals surface area contributed by atoms with Gasteiger partial charge in [-0.3, -0.25) is 0 Å². The molecule has 1 heterocycles. The molecule has 1 saturated heterocycles. The van der Waals surface area contributed by atoms with Crippen LogP contribution in [0.2, 0.25) is 0 Å². The number of unbranched alkanes of at least 4 members (excludes halogenated alkanes) is 3. The van der Waals surface area contributed by atoms with Gasteiger partial charge in [-0.2, -0.15) is 0 Å². The Morgan fingerprint density at radius 2 is 1.42 bits per heavy atom. The monoisotopic (exact) mass is 350 g/mol. The zero-order valence-corrected chi connectivity index (χ0v) is 15.4. The fourth-order valence-electron chi connectivity index (χ4n) is 2.56. The molecule has 5 atom stereocenters. The molecule has 5 nitrogen and oxygen atoms in total. The van der Waals surface area contributed by atoms with Crippen LogP contribution in [-0.4, -0.2) is 62.3 Å². The molecule has 144 valence electrons. The molecule has 1 rings (SSSR count). The SMILES string of the molecule is CCCCOC[C@H]1O[C@@H](O)[C@H](OCCCC)[C@H](F)[C@@H]1OCCCC. The first kappa shape index (κ1) is 21.8. The number of alkyl halides is 1. The normalized spacial score (nSPS) is 30.6. The molecule has 0 spiro atoms. The van der Waals surface area contributed by atoms with E-state index in [9.17, 15) is 9.50 Å². The van der Waals surface area contributed by atoms with E-state index >= 15 is 0 Å². The maximum absolute atomic E-state index is 14.9. The van der Waals surface area contributed by atoms with Crippen molar-refractivity contribution in [2.24, 2.45) is 0 Å². The Bertz CT molecular complexity index is 303. The summed E-state index contributed by atoms with van der Waals surface area (Å²) >= 11 is 0. The van der Waals surface area contributed by atoms with Crippen LogP contribution in [0.4, 0.5) is 4.39 Å². The third-order valence-electron chi connectivity index (χ3n) is 4.13. The van der Waals surface area contributed by atoms with Gasteiger partial charge < -0.3 is 24.1 Å². The molecule has 0 bridgehead atoms. The minimum Gasteiger partial charge on any atom is -0.379 e. The van der Waals surface area contributed by atoms with Crippen molar-refractivity contribution in [1.29, 1.82) is 0 Å². The van der Waals surface area contributed by atoms with Crippen LogP contribution in [0.15, 0.2) is 0 Å². The Labute approximate surface area is 145 Å². The third kappa shape index (κ3) is 7.31. The van der Waals surface area contributed by atoms with E-state index in [1.165, 1.54) is 0 Å². The van der Waals surface area contributed by atoms with Gasteiger partial charge in [0.15, 0.2) is 12.5 Å². The highest BCUT2D eigenvalue weighted by atomic mass is 19.1. The fraction of sp³-hybridized carbons (Fsp3) is 1.00. The lowest BCUT2D eigenvalue weighted by atomic mass is 10.00. The van der Waals surface area contributed by atoms with Gasteiger partial charge in [0, 0.05) is 19.8 Å². The van der Waals surface area contributed by atoms with Gasteiger partial charge in [0.1, 0.15) is 18.3 Å². The summed E-state index contributed by atoms with van der Waals surface area (Å²) in [5, 5.41) is 10.1. The van der Waals surface area contributed by atoms with Crippen LogP contribution in [0.1, 0.15) is 59.3 Å². The lowest BCUT2D eigenvalue weighted by Gasteiger charge is -2.41. The smallest absolute Gasteiger partial charge is 0.184 e. The van der Waals surface area contributed by atoms with Crippen molar-refractivity contribution in [3.05, 3.63) is 0 Å². The van der Waals surface area contributed by atoms with Gasteiger partial charge in [0.2, 0.25) is 0 Å². The topological polar surface area (TPSA) is 57.2 Å². The molecule has 1 aliphatic heterocycles. The standard InChI is InChI=1S/C18H35FO5/c1-4-7-10-21-13-14-16(22-11-8-5-2)15(19)17(18(20)24-14)23-12-9-6-3/h14-18,20H,4-13H2,1-3H3/t14-,15-,16-,17-,18-/m1/s1. The van der Waals surface area contributed by atoms with E-state index < -0.39 is 30.8 Å². The minimum atomic E-state index is -1.43. The second-order valence-electron chi connectivity index (χ2n) is 6.32. The van der Waals surface area contributed by atoms with E-state index in [0.717, 1.165) is 38.5 Å². The van der Waals surface area contributed by atoms with E-state index in [4.69, 9.17) is 18.9 Å². The van der Waals surface area contributed by atoms with Crippen LogP contribution >= 0.6 is 0 Å². The van der Waals surface area contributed by atoms with E-state index in [1.54, 1.807) is 0 Å². The largest absolute Gasteiger partial charge is 0.379 e. The zero-order chi connectivity index (χ0) is 17.8. The van der Waals surface area contributed by atoms with Gasteiger partial charge in [-0.1, -0.05) is 40.0 Å². The van der Waals surface area contributed by atoms with Gasteiger partial charge in [-0.05, 0) is 19.3 Å². The summed E-state index contributed by atoms with van der Waals surface area (Å²) in [5.74, 6) is 0. The molecule has 0 aromatic heterocycles. The summed E-state index contributed by atoms with van der Waals surface area (Å²) in [4.78, 5) is 0. The minimum absolute atomic E-state index is 0.218. The van der Waals surface area contributed by atoms with Crippen molar-refractivity contribution < 1.29 is 28.4 Å². The number of aliphatic hydroxyl groups excluding tert-OH is 1. The fourth-order valence-corrected chi connectivity index (χ4v) is 2.56. The summed E-state index contributed by atoms with van der Waals surface area (Å²) in [6, 6.07) is 0.